The van der Waals surface area contributed by atoms with Gasteiger partial charge in [0.15, 0.2) is 5.65 Å². The maximum absolute atomic E-state index is 4.57. The summed E-state index contributed by atoms with van der Waals surface area (Å²) >= 11 is 1.74. The van der Waals surface area contributed by atoms with Crippen LogP contribution in [0.3, 0.4) is 0 Å². The van der Waals surface area contributed by atoms with Crippen molar-refractivity contribution in [1.29, 1.82) is 0 Å². The molecule has 6 heteroatoms. The van der Waals surface area contributed by atoms with Crippen LogP contribution in [0.2, 0.25) is 0 Å². The molecular formula is C16H19N5S. The molecule has 1 saturated heterocycles. The van der Waals surface area contributed by atoms with Gasteiger partial charge in [-0.15, -0.1) is 11.3 Å². The highest BCUT2D eigenvalue weighted by atomic mass is 32.1. The predicted octanol–water partition coefficient (Wildman–Crippen LogP) is 2.87. The molecule has 0 atom stereocenters. The second-order valence-corrected chi connectivity index (χ2v) is 6.94. The molecule has 114 valence electrons. The SMILES string of the molecule is Cc1nc(CN2CCC(c3ccnc4ccnn34)CC2)cs1. The summed E-state index contributed by atoms with van der Waals surface area (Å²) < 4.78 is 1.99. The van der Waals surface area contributed by atoms with Gasteiger partial charge in [0.1, 0.15) is 0 Å². The Labute approximate surface area is 133 Å². The molecule has 1 aliphatic rings. The summed E-state index contributed by atoms with van der Waals surface area (Å²) in [4.78, 5) is 11.4. The fourth-order valence-corrected chi connectivity index (χ4v) is 3.86. The first kappa shape index (κ1) is 13.8. The average Bonchev–Trinajstić information content (AvgIpc) is 3.16. The van der Waals surface area contributed by atoms with Crippen molar-refractivity contribution in [3.05, 3.63) is 46.3 Å². The minimum atomic E-state index is 0.568. The monoisotopic (exact) mass is 313 g/mol. The Morgan fingerprint density at radius 3 is 2.86 bits per heavy atom. The standard InChI is InChI=1S/C16H19N5S/c1-12-19-14(11-22-12)10-20-8-4-13(5-9-20)15-2-6-17-16-3-7-18-21(15)16/h2-3,6-7,11,13H,4-5,8-10H2,1H3. The van der Waals surface area contributed by atoms with Crippen LogP contribution < -0.4 is 0 Å². The van der Waals surface area contributed by atoms with Gasteiger partial charge >= 0.3 is 0 Å². The summed E-state index contributed by atoms with van der Waals surface area (Å²) in [6.45, 7) is 5.28. The molecule has 0 amide bonds. The topological polar surface area (TPSA) is 46.3 Å². The summed E-state index contributed by atoms with van der Waals surface area (Å²) in [7, 11) is 0. The Balaban J connectivity index is 1.44. The molecule has 3 aromatic rings. The van der Waals surface area contributed by atoms with Crippen LogP contribution in [-0.2, 0) is 6.54 Å². The van der Waals surface area contributed by atoms with E-state index < -0.39 is 0 Å². The van der Waals surface area contributed by atoms with E-state index in [2.05, 4.69) is 38.3 Å². The fraction of sp³-hybridized carbons (Fsp3) is 0.438. The number of fused-ring (bicyclic) bond motifs is 1. The van der Waals surface area contributed by atoms with E-state index in [1.807, 2.05) is 23.0 Å². The fourth-order valence-electron chi connectivity index (χ4n) is 3.26. The maximum Gasteiger partial charge on any atom is 0.155 e. The highest BCUT2D eigenvalue weighted by Gasteiger charge is 2.23. The van der Waals surface area contributed by atoms with Gasteiger partial charge in [-0.25, -0.2) is 14.5 Å². The molecule has 0 N–H and O–H groups in total. The summed E-state index contributed by atoms with van der Waals surface area (Å²) in [5.74, 6) is 0.568. The van der Waals surface area contributed by atoms with Crippen molar-refractivity contribution in [2.24, 2.45) is 0 Å². The summed E-state index contributed by atoms with van der Waals surface area (Å²) in [5.41, 5.74) is 3.44. The highest BCUT2D eigenvalue weighted by molar-refractivity contribution is 7.09. The quantitative estimate of drug-likeness (QED) is 0.746. The Hall–Kier alpha value is -1.79. The number of hydrogen-bond acceptors (Lipinski definition) is 5. The molecule has 0 aromatic carbocycles. The maximum atomic E-state index is 4.57. The first-order chi connectivity index (χ1) is 10.8. The number of likely N-dealkylation sites (tertiary alicyclic amines) is 1. The van der Waals surface area contributed by atoms with Crippen molar-refractivity contribution in [3.63, 3.8) is 0 Å². The molecule has 1 fully saturated rings. The molecule has 0 radical (unpaired) electrons. The number of piperidine rings is 1. The smallest absolute Gasteiger partial charge is 0.155 e. The first-order valence-electron chi connectivity index (χ1n) is 7.71. The first-order valence-corrected chi connectivity index (χ1v) is 8.59. The van der Waals surface area contributed by atoms with Gasteiger partial charge in [-0.2, -0.15) is 5.10 Å². The number of aromatic nitrogens is 4. The van der Waals surface area contributed by atoms with E-state index in [0.717, 1.165) is 30.3 Å². The minimum Gasteiger partial charge on any atom is -0.297 e. The number of aryl methyl sites for hydroxylation is 1. The van der Waals surface area contributed by atoms with Crippen molar-refractivity contribution < 1.29 is 0 Å². The zero-order chi connectivity index (χ0) is 14.9. The molecule has 0 saturated carbocycles. The van der Waals surface area contributed by atoms with Gasteiger partial charge in [0.2, 0.25) is 0 Å². The van der Waals surface area contributed by atoms with Crippen molar-refractivity contribution in [2.75, 3.05) is 13.1 Å². The van der Waals surface area contributed by atoms with E-state index in [4.69, 9.17) is 0 Å². The van der Waals surface area contributed by atoms with E-state index in [9.17, 15) is 0 Å². The number of nitrogens with zero attached hydrogens (tertiary/aromatic N) is 5. The zero-order valence-electron chi connectivity index (χ0n) is 12.6. The Kier molecular flexibility index (Phi) is 3.63. The lowest BCUT2D eigenvalue weighted by Crippen LogP contribution is -2.33. The van der Waals surface area contributed by atoms with Gasteiger partial charge in [0, 0.05) is 35.8 Å². The van der Waals surface area contributed by atoms with Gasteiger partial charge in [-0.1, -0.05) is 0 Å². The summed E-state index contributed by atoms with van der Waals surface area (Å²) in [6, 6.07) is 4.08. The molecule has 4 heterocycles. The second-order valence-electron chi connectivity index (χ2n) is 5.88. The van der Waals surface area contributed by atoms with Crippen LogP contribution in [0.15, 0.2) is 29.9 Å². The minimum absolute atomic E-state index is 0.568. The summed E-state index contributed by atoms with van der Waals surface area (Å²) in [6.07, 6.45) is 6.06. The number of hydrogen-bond donors (Lipinski definition) is 0. The molecule has 4 rings (SSSR count). The van der Waals surface area contributed by atoms with Crippen molar-refractivity contribution in [1.82, 2.24) is 24.5 Å². The third-order valence-corrected chi connectivity index (χ3v) is 5.20. The predicted molar refractivity (Wildman–Crippen MR) is 87.1 cm³/mol. The van der Waals surface area contributed by atoms with Gasteiger partial charge in [-0.3, -0.25) is 4.90 Å². The van der Waals surface area contributed by atoms with Crippen molar-refractivity contribution >= 4 is 17.0 Å². The molecular weight excluding hydrogens is 294 g/mol. The van der Waals surface area contributed by atoms with E-state index in [1.165, 1.54) is 24.2 Å². The lowest BCUT2D eigenvalue weighted by Gasteiger charge is -2.31. The van der Waals surface area contributed by atoms with Gasteiger partial charge in [-0.05, 0) is 38.9 Å². The van der Waals surface area contributed by atoms with E-state index in [1.54, 1.807) is 11.3 Å². The van der Waals surface area contributed by atoms with Crippen molar-refractivity contribution in [3.8, 4) is 0 Å². The van der Waals surface area contributed by atoms with Crippen LogP contribution in [0.5, 0.6) is 0 Å². The highest BCUT2D eigenvalue weighted by Crippen LogP contribution is 2.28. The van der Waals surface area contributed by atoms with Crippen LogP contribution in [0.1, 0.15) is 35.2 Å². The molecule has 5 nitrogen and oxygen atoms in total. The zero-order valence-corrected chi connectivity index (χ0v) is 13.5. The molecule has 0 aliphatic carbocycles. The van der Waals surface area contributed by atoms with Crippen LogP contribution in [0, 0.1) is 6.92 Å². The lowest BCUT2D eigenvalue weighted by atomic mass is 9.93. The Morgan fingerprint density at radius 2 is 2.09 bits per heavy atom. The van der Waals surface area contributed by atoms with Gasteiger partial charge in [0.25, 0.3) is 0 Å². The normalized spacial score (nSPS) is 17.3. The molecule has 0 unspecified atom stereocenters. The summed E-state index contributed by atoms with van der Waals surface area (Å²) in [5, 5.41) is 7.75. The van der Waals surface area contributed by atoms with E-state index in [0.29, 0.717) is 5.92 Å². The van der Waals surface area contributed by atoms with Gasteiger partial charge < -0.3 is 0 Å². The van der Waals surface area contributed by atoms with Crippen LogP contribution in [-0.4, -0.2) is 37.6 Å². The molecule has 3 aromatic heterocycles. The van der Waals surface area contributed by atoms with Gasteiger partial charge in [0.05, 0.1) is 16.9 Å². The van der Waals surface area contributed by atoms with Crippen LogP contribution >= 0.6 is 11.3 Å². The second kappa shape index (κ2) is 5.78. The lowest BCUT2D eigenvalue weighted by molar-refractivity contribution is 0.200. The van der Waals surface area contributed by atoms with Crippen LogP contribution in [0.25, 0.3) is 5.65 Å². The van der Waals surface area contributed by atoms with E-state index >= 15 is 0 Å². The Bertz CT molecular complexity index is 770. The van der Waals surface area contributed by atoms with Crippen molar-refractivity contribution in [2.45, 2.75) is 32.2 Å². The number of rotatable bonds is 3. The third kappa shape index (κ3) is 2.64. The third-order valence-electron chi connectivity index (χ3n) is 4.38. The number of thiazole rings is 1. The average molecular weight is 313 g/mol. The molecule has 1 aliphatic heterocycles. The molecule has 0 bridgehead atoms. The molecule has 0 spiro atoms. The van der Waals surface area contributed by atoms with Crippen LogP contribution in [0.4, 0.5) is 0 Å². The largest absolute Gasteiger partial charge is 0.297 e. The Morgan fingerprint density at radius 1 is 1.23 bits per heavy atom. The molecule has 22 heavy (non-hydrogen) atoms. The van der Waals surface area contributed by atoms with E-state index in [-0.39, 0.29) is 0 Å².